The molecule has 0 fully saturated rings. The molecule has 3 aromatic rings. The third-order valence-electron chi connectivity index (χ3n) is 3.75. The average Bonchev–Trinajstić information content (AvgIpc) is 3.03. The molecule has 25 heavy (non-hydrogen) atoms. The van der Waals surface area contributed by atoms with Gasteiger partial charge in [0.05, 0.1) is 12.1 Å². The number of nitrogens with zero attached hydrogens (tertiary/aromatic N) is 2. The number of fused-ring (bicyclic) bond motifs is 1. The predicted molar refractivity (Wildman–Crippen MR) is 91.9 cm³/mol. The zero-order valence-electron chi connectivity index (χ0n) is 14.1. The van der Waals surface area contributed by atoms with E-state index in [1.807, 2.05) is 43.3 Å². The van der Waals surface area contributed by atoms with Crippen molar-refractivity contribution >= 4 is 22.8 Å². The van der Waals surface area contributed by atoms with Gasteiger partial charge in [-0.25, -0.2) is 9.78 Å². The van der Waals surface area contributed by atoms with Crippen LogP contribution in [0.4, 0.5) is 0 Å². The number of pyridine rings is 1. The summed E-state index contributed by atoms with van der Waals surface area (Å²) < 4.78 is 10.5. The van der Waals surface area contributed by atoms with E-state index in [9.17, 15) is 9.59 Å². The van der Waals surface area contributed by atoms with E-state index >= 15 is 0 Å². The Balaban J connectivity index is 1.57. The van der Waals surface area contributed by atoms with Gasteiger partial charge in [-0.2, -0.15) is 0 Å². The topological polar surface area (TPSA) is 72.6 Å². The van der Waals surface area contributed by atoms with Crippen LogP contribution in [-0.4, -0.2) is 35.4 Å². The van der Waals surface area contributed by atoms with Crippen molar-refractivity contribution in [1.82, 2.24) is 9.88 Å². The number of amides is 1. The molecule has 0 spiro atoms. The van der Waals surface area contributed by atoms with E-state index in [1.165, 1.54) is 4.90 Å². The zero-order chi connectivity index (χ0) is 17.8. The molecular formula is C19H18N2O4. The number of carbonyl (C=O) groups excluding carboxylic acids is 2. The fraction of sp³-hybridized carbons (Fsp3) is 0.211. The summed E-state index contributed by atoms with van der Waals surface area (Å²) in [5.74, 6) is 0.519. The molecule has 2 aromatic heterocycles. The number of rotatable bonds is 5. The molecule has 0 bridgehead atoms. The summed E-state index contributed by atoms with van der Waals surface area (Å²) in [6.45, 7) is 1.81. The summed E-state index contributed by atoms with van der Waals surface area (Å²) in [5, 5.41) is 0.934. The molecule has 0 atom stereocenters. The Bertz CT molecular complexity index is 916. The molecule has 6 nitrogen and oxygen atoms in total. The minimum atomic E-state index is -0.624. The first-order valence-electron chi connectivity index (χ1n) is 7.85. The molecule has 0 radical (unpaired) electrons. The second-order valence-electron chi connectivity index (χ2n) is 5.73. The van der Waals surface area contributed by atoms with E-state index in [0.29, 0.717) is 17.8 Å². The maximum Gasteiger partial charge on any atom is 0.357 e. The maximum atomic E-state index is 12.1. The summed E-state index contributed by atoms with van der Waals surface area (Å²) in [7, 11) is 1.63. The molecule has 128 valence electrons. The molecule has 1 amide bonds. The van der Waals surface area contributed by atoms with Gasteiger partial charge >= 0.3 is 5.97 Å². The van der Waals surface area contributed by atoms with Crippen molar-refractivity contribution in [3.8, 4) is 0 Å². The highest BCUT2D eigenvalue weighted by atomic mass is 16.5. The Morgan fingerprint density at radius 1 is 1.12 bits per heavy atom. The van der Waals surface area contributed by atoms with Crippen LogP contribution in [0.15, 0.2) is 52.9 Å². The van der Waals surface area contributed by atoms with Gasteiger partial charge in [-0.1, -0.05) is 24.3 Å². The highest BCUT2D eigenvalue weighted by molar-refractivity contribution is 5.92. The highest BCUT2D eigenvalue weighted by Crippen LogP contribution is 2.13. The molecule has 2 heterocycles. The van der Waals surface area contributed by atoms with Gasteiger partial charge < -0.3 is 14.1 Å². The number of hydrogen-bond donors (Lipinski definition) is 0. The number of carbonyl (C=O) groups is 2. The number of ether oxygens (including phenoxy) is 1. The minimum absolute atomic E-state index is 0.177. The fourth-order valence-electron chi connectivity index (χ4n) is 2.38. The van der Waals surface area contributed by atoms with Gasteiger partial charge in [0.1, 0.15) is 17.2 Å². The summed E-state index contributed by atoms with van der Waals surface area (Å²) in [6, 6.07) is 14.5. The van der Waals surface area contributed by atoms with Crippen molar-refractivity contribution in [1.29, 1.82) is 0 Å². The van der Waals surface area contributed by atoms with Crippen molar-refractivity contribution in [2.24, 2.45) is 0 Å². The summed E-state index contributed by atoms with van der Waals surface area (Å²) >= 11 is 0. The Labute approximate surface area is 145 Å². The second-order valence-corrected chi connectivity index (χ2v) is 5.73. The van der Waals surface area contributed by atoms with Crippen molar-refractivity contribution in [2.75, 3.05) is 13.7 Å². The van der Waals surface area contributed by atoms with Gasteiger partial charge in [0.15, 0.2) is 6.61 Å². The van der Waals surface area contributed by atoms with Crippen molar-refractivity contribution < 1.29 is 18.7 Å². The molecule has 1 aromatic carbocycles. The van der Waals surface area contributed by atoms with Gasteiger partial charge in [-0.3, -0.25) is 4.79 Å². The zero-order valence-corrected chi connectivity index (χ0v) is 14.1. The lowest BCUT2D eigenvalue weighted by Gasteiger charge is -2.15. The van der Waals surface area contributed by atoms with E-state index in [-0.39, 0.29) is 18.2 Å². The first kappa shape index (κ1) is 16.7. The number of para-hydroxylation sites is 1. The summed E-state index contributed by atoms with van der Waals surface area (Å²) in [6.07, 6.45) is 0. The first-order chi connectivity index (χ1) is 12.0. The number of likely N-dealkylation sites (N-methyl/N-ethyl adjacent to an activating group) is 1. The Kier molecular flexibility index (Phi) is 4.79. The summed E-state index contributed by atoms with van der Waals surface area (Å²) in [5.41, 5.74) is 0.879. The van der Waals surface area contributed by atoms with E-state index in [0.717, 1.165) is 11.1 Å². The van der Waals surface area contributed by atoms with Gasteiger partial charge in [0, 0.05) is 12.4 Å². The van der Waals surface area contributed by atoms with Crippen LogP contribution in [0.1, 0.15) is 22.0 Å². The predicted octanol–water partition coefficient (Wildman–Crippen LogP) is 2.95. The van der Waals surface area contributed by atoms with Crippen LogP contribution in [0.3, 0.4) is 0 Å². The standard InChI is InChI=1S/C19H18N2O4/c1-13-7-9-15(25-13)11-21(2)18(22)12-24-19(23)17-10-8-14-5-3-4-6-16(14)20-17/h3-10H,11-12H2,1-2H3. The van der Waals surface area contributed by atoms with Gasteiger partial charge in [0.25, 0.3) is 5.91 Å². The largest absolute Gasteiger partial charge is 0.464 e. The second kappa shape index (κ2) is 7.17. The van der Waals surface area contributed by atoms with Gasteiger partial charge in [0.2, 0.25) is 0 Å². The quantitative estimate of drug-likeness (QED) is 0.669. The number of hydrogen-bond acceptors (Lipinski definition) is 5. The molecule has 0 N–H and O–H groups in total. The first-order valence-corrected chi connectivity index (χ1v) is 7.85. The Hall–Kier alpha value is -3.15. The molecule has 0 unspecified atom stereocenters. The van der Waals surface area contributed by atoms with Gasteiger partial charge in [-0.15, -0.1) is 0 Å². The number of benzene rings is 1. The van der Waals surface area contributed by atoms with Crippen LogP contribution >= 0.6 is 0 Å². The molecule has 3 rings (SSSR count). The molecule has 0 aliphatic carbocycles. The van der Waals surface area contributed by atoms with E-state index in [1.54, 1.807) is 19.2 Å². The van der Waals surface area contributed by atoms with Crippen LogP contribution in [0.2, 0.25) is 0 Å². The molecule has 0 aliphatic heterocycles. The van der Waals surface area contributed by atoms with Crippen LogP contribution in [0.5, 0.6) is 0 Å². The molecule has 0 aliphatic rings. The van der Waals surface area contributed by atoms with Crippen LogP contribution in [0, 0.1) is 6.92 Å². The Morgan fingerprint density at radius 3 is 2.68 bits per heavy atom. The number of aromatic nitrogens is 1. The van der Waals surface area contributed by atoms with Crippen LogP contribution in [0.25, 0.3) is 10.9 Å². The van der Waals surface area contributed by atoms with E-state index in [2.05, 4.69) is 4.98 Å². The average molecular weight is 338 g/mol. The molecular weight excluding hydrogens is 320 g/mol. The lowest BCUT2D eigenvalue weighted by Crippen LogP contribution is -2.30. The third kappa shape index (κ3) is 4.03. The van der Waals surface area contributed by atoms with E-state index in [4.69, 9.17) is 9.15 Å². The summed E-state index contributed by atoms with van der Waals surface area (Å²) in [4.78, 5) is 29.9. The normalized spacial score (nSPS) is 10.6. The smallest absolute Gasteiger partial charge is 0.357 e. The third-order valence-corrected chi connectivity index (χ3v) is 3.75. The van der Waals surface area contributed by atoms with Crippen LogP contribution < -0.4 is 0 Å². The number of esters is 1. The molecule has 0 saturated heterocycles. The minimum Gasteiger partial charge on any atom is -0.464 e. The van der Waals surface area contributed by atoms with Crippen LogP contribution in [-0.2, 0) is 16.1 Å². The number of furan rings is 1. The molecule has 6 heteroatoms. The SMILES string of the molecule is Cc1ccc(CN(C)C(=O)COC(=O)c2ccc3ccccc3n2)o1. The van der Waals surface area contributed by atoms with Gasteiger partial charge in [-0.05, 0) is 31.2 Å². The lowest BCUT2D eigenvalue weighted by atomic mass is 10.2. The van der Waals surface area contributed by atoms with Crippen molar-refractivity contribution in [3.63, 3.8) is 0 Å². The lowest BCUT2D eigenvalue weighted by molar-refractivity contribution is -0.134. The van der Waals surface area contributed by atoms with E-state index < -0.39 is 5.97 Å². The maximum absolute atomic E-state index is 12.1. The molecule has 0 saturated carbocycles. The highest BCUT2D eigenvalue weighted by Gasteiger charge is 2.16. The van der Waals surface area contributed by atoms with Crippen molar-refractivity contribution in [2.45, 2.75) is 13.5 Å². The van der Waals surface area contributed by atoms with Crippen molar-refractivity contribution in [3.05, 3.63) is 65.7 Å². The monoisotopic (exact) mass is 338 g/mol. The Morgan fingerprint density at radius 2 is 1.92 bits per heavy atom. The number of aryl methyl sites for hydroxylation is 1. The fourth-order valence-corrected chi connectivity index (χ4v) is 2.38.